The van der Waals surface area contributed by atoms with Gasteiger partial charge in [0, 0.05) is 13.5 Å². The topological polar surface area (TPSA) is 84.5 Å². The minimum absolute atomic E-state index is 0.345. The highest BCUT2D eigenvalue weighted by Crippen LogP contribution is 2.27. The summed E-state index contributed by atoms with van der Waals surface area (Å²) in [6.07, 6.45) is 7.33. The first-order valence-corrected chi connectivity index (χ1v) is 6.79. The number of urea groups is 1. The summed E-state index contributed by atoms with van der Waals surface area (Å²) in [4.78, 5) is 33.4. The molecule has 1 aliphatic rings. The fourth-order valence-electron chi connectivity index (χ4n) is 2.24. The second-order valence-corrected chi connectivity index (χ2v) is 4.83. The van der Waals surface area contributed by atoms with Gasteiger partial charge in [0.05, 0.1) is 0 Å². The molecule has 19 heavy (non-hydrogen) atoms. The number of carbonyl (C=O) groups is 3. The molecule has 0 unspecified atom stereocenters. The van der Waals surface area contributed by atoms with Crippen LogP contribution in [0, 0.1) is 5.92 Å². The fourth-order valence-corrected chi connectivity index (χ4v) is 2.24. The molecule has 0 heterocycles. The van der Waals surface area contributed by atoms with Gasteiger partial charge in [0.2, 0.25) is 0 Å². The van der Waals surface area contributed by atoms with Crippen molar-refractivity contribution < 1.29 is 19.1 Å². The Hall–Kier alpha value is -1.59. The number of hydrogen-bond acceptors (Lipinski definition) is 4. The monoisotopic (exact) mass is 270 g/mol. The van der Waals surface area contributed by atoms with Crippen LogP contribution in [0.4, 0.5) is 4.79 Å². The highest BCUT2D eigenvalue weighted by Gasteiger charge is 2.16. The number of amides is 3. The highest BCUT2D eigenvalue weighted by molar-refractivity contribution is 5.95. The average molecular weight is 270 g/mol. The summed E-state index contributed by atoms with van der Waals surface area (Å²) in [7, 11) is 1.40. The maximum absolute atomic E-state index is 11.4. The Morgan fingerprint density at radius 3 is 2.47 bits per heavy atom. The lowest BCUT2D eigenvalue weighted by molar-refractivity contribution is -0.148. The fraction of sp³-hybridized carbons (Fsp3) is 0.769. The molecule has 3 amide bonds. The Labute approximate surface area is 113 Å². The zero-order valence-electron chi connectivity index (χ0n) is 11.4. The first-order valence-electron chi connectivity index (χ1n) is 6.79. The van der Waals surface area contributed by atoms with Gasteiger partial charge in [-0.3, -0.25) is 14.9 Å². The Morgan fingerprint density at radius 2 is 1.84 bits per heavy atom. The zero-order valence-corrected chi connectivity index (χ0v) is 11.4. The van der Waals surface area contributed by atoms with Crippen LogP contribution in [0.2, 0.25) is 0 Å². The van der Waals surface area contributed by atoms with Crippen LogP contribution in [0.15, 0.2) is 0 Å². The predicted molar refractivity (Wildman–Crippen MR) is 69.4 cm³/mol. The van der Waals surface area contributed by atoms with Crippen LogP contribution in [0.1, 0.15) is 44.9 Å². The van der Waals surface area contributed by atoms with Crippen LogP contribution in [-0.2, 0) is 14.3 Å². The highest BCUT2D eigenvalue weighted by atomic mass is 16.5. The van der Waals surface area contributed by atoms with Crippen LogP contribution < -0.4 is 10.6 Å². The number of imide groups is 1. The summed E-state index contributed by atoms with van der Waals surface area (Å²) in [6.45, 7) is -0.406. The average Bonchev–Trinajstić information content (AvgIpc) is 2.43. The molecule has 0 bridgehead atoms. The van der Waals surface area contributed by atoms with Crippen molar-refractivity contribution in [1.82, 2.24) is 10.6 Å². The van der Waals surface area contributed by atoms with Crippen LogP contribution in [0.3, 0.4) is 0 Å². The third kappa shape index (κ3) is 6.79. The molecule has 6 heteroatoms. The summed E-state index contributed by atoms with van der Waals surface area (Å²) in [5.74, 6) is -0.385. The van der Waals surface area contributed by atoms with E-state index in [1.807, 2.05) is 5.32 Å². The number of carbonyl (C=O) groups excluding carboxylic acids is 3. The molecule has 0 aliphatic heterocycles. The first kappa shape index (κ1) is 15.5. The molecule has 6 nitrogen and oxygen atoms in total. The second-order valence-electron chi connectivity index (χ2n) is 4.83. The van der Waals surface area contributed by atoms with Gasteiger partial charge in [-0.05, 0) is 12.3 Å². The molecule has 2 N–H and O–H groups in total. The Kier molecular flexibility index (Phi) is 6.92. The molecule has 1 rings (SSSR count). The van der Waals surface area contributed by atoms with Gasteiger partial charge in [-0.2, -0.15) is 0 Å². The van der Waals surface area contributed by atoms with Crippen molar-refractivity contribution in [2.45, 2.75) is 44.9 Å². The van der Waals surface area contributed by atoms with Crippen molar-refractivity contribution in [3.8, 4) is 0 Å². The molecule has 0 spiro atoms. The molecular formula is C13H22N2O4. The zero-order chi connectivity index (χ0) is 14.1. The summed E-state index contributed by atoms with van der Waals surface area (Å²) in [5.41, 5.74) is 0. The Morgan fingerprint density at radius 1 is 1.16 bits per heavy atom. The van der Waals surface area contributed by atoms with Crippen molar-refractivity contribution in [1.29, 1.82) is 0 Å². The molecular weight excluding hydrogens is 248 g/mol. The van der Waals surface area contributed by atoms with Crippen molar-refractivity contribution in [3.63, 3.8) is 0 Å². The molecule has 108 valence electrons. The molecule has 0 aromatic rings. The van der Waals surface area contributed by atoms with E-state index in [1.165, 1.54) is 39.2 Å². The van der Waals surface area contributed by atoms with E-state index >= 15 is 0 Å². The van der Waals surface area contributed by atoms with E-state index in [4.69, 9.17) is 4.74 Å². The third-order valence-electron chi connectivity index (χ3n) is 3.33. The molecule has 0 aromatic heterocycles. The van der Waals surface area contributed by atoms with E-state index in [0.717, 1.165) is 6.42 Å². The van der Waals surface area contributed by atoms with Gasteiger partial charge in [0.15, 0.2) is 6.61 Å². The normalized spacial score (nSPS) is 15.6. The van der Waals surface area contributed by atoms with Gasteiger partial charge < -0.3 is 10.1 Å². The van der Waals surface area contributed by atoms with Crippen LogP contribution >= 0.6 is 0 Å². The summed E-state index contributed by atoms with van der Waals surface area (Å²) < 4.78 is 4.81. The van der Waals surface area contributed by atoms with E-state index in [9.17, 15) is 14.4 Å². The maximum Gasteiger partial charge on any atom is 0.321 e. The van der Waals surface area contributed by atoms with Gasteiger partial charge in [-0.1, -0.05) is 32.1 Å². The lowest BCUT2D eigenvalue weighted by Crippen LogP contribution is -2.39. The minimum atomic E-state index is -0.620. The van der Waals surface area contributed by atoms with E-state index in [2.05, 4.69) is 5.32 Å². The Balaban J connectivity index is 2.10. The number of nitrogens with one attached hydrogen (secondary N) is 2. The number of esters is 1. The summed E-state index contributed by atoms with van der Waals surface area (Å²) in [6, 6.07) is -0.608. The van der Waals surface area contributed by atoms with Crippen LogP contribution in [0.5, 0.6) is 0 Å². The minimum Gasteiger partial charge on any atom is -0.456 e. The van der Waals surface area contributed by atoms with E-state index in [0.29, 0.717) is 12.3 Å². The van der Waals surface area contributed by atoms with Crippen molar-refractivity contribution in [3.05, 3.63) is 0 Å². The number of hydrogen-bond donors (Lipinski definition) is 2. The predicted octanol–water partition coefficient (Wildman–Crippen LogP) is 1.35. The molecule has 1 aliphatic carbocycles. The largest absolute Gasteiger partial charge is 0.456 e. The van der Waals surface area contributed by atoms with E-state index < -0.39 is 18.5 Å². The van der Waals surface area contributed by atoms with Gasteiger partial charge in [0.25, 0.3) is 5.91 Å². The van der Waals surface area contributed by atoms with E-state index in [-0.39, 0.29) is 5.97 Å². The Bertz CT molecular complexity index is 325. The summed E-state index contributed by atoms with van der Waals surface area (Å²) in [5, 5.41) is 4.26. The van der Waals surface area contributed by atoms with Crippen molar-refractivity contribution >= 4 is 17.9 Å². The van der Waals surface area contributed by atoms with Gasteiger partial charge in [0.1, 0.15) is 0 Å². The summed E-state index contributed by atoms with van der Waals surface area (Å²) >= 11 is 0. The van der Waals surface area contributed by atoms with Crippen LogP contribution in [0.25, 0.3) is 0 Å². The smallest absolute Gasteiger partial charge is 0.321 e. The van der Waals surface area contributed by atoms with Gasteiger partial charge in [-0.25, -0.2) is 4.79 Å². The van der Waals surface area contributed by atoms with Gasteiger partial charge >= 0.3 is 12.0 Å². The van der Waals surface area contributed by atoms with Crippen molar-refractivity contribution in [2.75, 3.05) is 13.7 Å². The SMILES string of the molecule is CNC(=O)NC(=O)COC(=O)CCC1CCCCC1. The first-order chi connectivity index (χ1) is 9.11. The molecule has 1 fully saturated rings. The van der Waals surface area contributed by atoms with E-state index in [1.54, 1.807) is 0 Å². The second kappa shape index (κ2) is 8.50. The van der Waals surface area contributed by atoms with Gasteiger partial charge in [-0.15, -0.1) is 0 Å². The molecule has 0 aromatic carbocycles. The van der Waals surface area contributed by atoms with Crippen LogP contribution in [-0.4, -0.2) is 31.6 Å². The number of rotatable bonds is 5. The molecule has 0 radical (unpaired) electrons. The molecule has 1 saturated carbocycles. The lowest BCUT2D eigenvalue weighted by Gasteiger charge is -2.20. The quantitative estimate of drug-likeness (QED) is 0.738. The molecule has 0 atom stereocenters. The molecule has 0 saturated heterocycles. The lowest BCUT2D eigenvalue weighted by atomic mass is 9.86. The number of ether oxygens (including phenoxy) is 1. The third-order valence-corrected chi connectivity index (χ3v) is 3.33. The standard InChI is InChI=1S/C13H22N2O4/c1-14-13(18)15-11(16)9-19-12(17)8-7-10-5-3-2-4-6-10/h10H,2-9H2,1H3,(H2,14,15,16,18). The van der Waals surface area contributed by atoms with Crippen molar-refractivity contribution in [2.24, 2.45) is 5.92 Å². The maximum atomic E-state index is 11.4.